The summed E-state index contributed by atoms with van der Waals surface area (Å²) in [6.45, 7) is 8.89. The highest BCUT2D eigenvalue weighted by Crippen LogP contribution is 2.33. The maximum Gasteiger partial charge on any atom is 0.147 e. The SMILES string of the molecule is CC(C)(C)NCC1(CCCS(C)(=O)=O)CCOC1. The average molecular weight is 277 g/mol. The first-order valence-corrected chi connectivity index (χ1v) is 8.69. The average Bonchev–Trinajstić information content (AvgIpc) is 2.61. The predicted octanol–water partition coefficient (Wildman–Crippen LogP) is 1.61. The summed E-state index contributed by atoms with van der Waals surface area (Å²) < 4.78 is 27.9. The smallest absolute Gasteiger partial charge is 0.147 e. The van der Waals surface area contributed by atoms with Gasteiger partial charge in [-0.1, -0.05) is 0 Å². The van der Waals surface area contributed by atoms with Crippen molar-refractivity contribution in [3.05, 3.63) is 0 Å². The van der Waals surface area contributed by atoms with Crippen molar-refractivity contribution in [2.24, 2.45) is 5.41 Å². The Bertz CT molecular complexity index is 351. The molecule has 0 bridgehead atoms. The van der Waals surface area contributed by atoms with E-state index in [9.17, 15) is 8.42 Å². The maximum absolute atomic E-state index is 11.2. The van der Waals surface area contributed by atoms with Gasteiger partial charge in [0.2, 0.25) is 0 Å². The molecular weight excluding hydrogens is 250 g/mol. The molecule has 0 aliphatic carbocycles. The molecule has 4 nitrogen and oxygen atoms in total. The molecule has 0 aromatic carbocycles. The Morgan fingerprint density at radius 1 is 1.33 bits per heavy atom. The highest BCUT2D eigenvalue weighted by atomic mass is 32.2. The fraction of sp³-hybridized carbons (Fsp3) is 1.00. The van der Waals surface area contributed by atoms with Crippen LogP contribution in [0.15, 0.2) is 0 Å². The molecule has 0 aromatic heterocycles. The van der Waals surface area contributed by atoms with E-state index in [0.29, 0.717) is 0 Å². The lowest BCUT2D eigenvalue weighted by Crippen LogP contribution is -2.44. The van der Waals surface area contributed by atoms with Gasteiger partial charge in [-0.05, 0) is 40.0 Å². The molecule has 1 heterocycles. The molecule has 1 fully saturated rings. The van der Waals surface area contributed by atoms with Crippen molar-refractivity contribution in [1.29, 1.82) is 0 Å². The molecule has 1 aliphatic rings. The minimum absolute atomic E-state index is 0.0897. The lowest BCUT2D eigenvalue weighted by molar-refractivity contribution is 0.138. The minimum Gasteiger partial charge on any atom is -0.381 e. The molecule has 1 rings (SSSR count). The van der Waals surface area contributed by atoms with Crippen LogP contribution in [0.1, 0.15) is 40.0 Å². The van der Waals surface area contributed by atoms with E-state index in [1.165, 1.54) is 6.26 Å². The summed E-state index contributed by atoms with van der Waals surface area (Å²) in [7, 11) is -2.85. The number of hydrogen-bond donors (Lipinski definition) is 1. The molecule has 0 saturated carbocycles. The lowest BCUT2D eigenvalue weighted by atomic mass is 9.82. The van der Waals surface area contributed by atoms with E-state index in [4.69, 9.17) is 4.74 Å². The van der Waals surface area contributed by atoms with Gasteiger partial charge in [-0.2, -0.15) is 0 Å². The van der Waals surface area contributed by atoms with Gasteiger partial charge in [0, 0.05) is 36.1 Å². The zero-order chi connectivity index (χ0) is 13.9. The molecule has 1 unspecified atom stereocenters. The Morgan fingerprint density at radius 3 is 2.44 bits per heavy atom. The number of rotatable bonds is 6. The van der Waals surface area contributed by atoms with Crippen LogP contribution in [0.25, 0.3) is 0 Å². The number of hydrogen-bond acceptors (Lipinski definition) is 4. The molecule has 0 spiro atoms. The van der Waals surface area contributed by atoms with Gasteiger partial charge in [-0.3, -0.25) is 0 Å². The van der Waals surface area contributed by atoms with Crippen LogP contribution in [0.4, 0.5) is 0 Å². The predicted molar refractivity (Wildman–Crippen MR) is 74.6 cm³/mol. The fourth-order valence-corrected chi connectivity index (χ4v) is 2.91. The van der Waals surface area contributed by atoms with Crippen LogP contribution in [-0.2, 0) is 14.6 Å². The van der Waals surface area contributed by atoms with Crippen molar-refractivity contribution >= 4 is 9.84 Å². The molecule has 1 aliphatic heterocycles. The second-order valence-electron chi connectivity index (χ2n) is 6.64. The largest absolute Gasteiger partial charge is 0.381 e. The molecule has 1 saturated heterocycles. The Kier molecular flexibility index (Phi) is 5.21. The third kappa shape index (κ3) is 6.16. The molecule has 108 valence electrons. The molecular formula is C13H27NO3S. The van der Waals surface area contributed by atoms with Crippen LogP contribution in [0.2, 0.25) is 0 Å². The molecule has 0 amide bonds. The van der Waals surface area contributed by atoms with Gasteiger partial charge in [-0.15, -0.1) is 0 Å². The van der Waals surface area contributed by atoms with Gasteiger partial charge in [0.15, 0.2) is 0 Å². The van der Waals surface area contributed by atoms with Gasteiger partial charge in [-0.25, -0.2) is 8.42 Å². The van der Waals surface area contributed by atoms with Crippen LogP contribution in [0, 0.1) is 5.41 Å². The summed E-state index contributed by atoms with van der Waals surface area (Å²) in [5, 5.41) is 3.52. The van der Waals surface area contributed by atoms with Crippen molar-refractivity contribution < 1.29 is 13.2 Å². The van der Waals surface area contributed by atoms with Crippen LogP contribution in [0.3, 0.4) is 0 Å². The topological polar surface area (TPSA) is 55.4 Å². The fourth-order valence-electron chi connectivity index (χ4n) is 2.24. The van der Waals surface area contributed by atoms with E-state index in [1.54, 1.807) is 0 Å². The van der Waals surface area contributed by atoms with Crippen LogP contribution in [0.5, 0.6) is 0 Å². The summed E-state index contributed by atoms with van der Waals surface area (Å²) in [4.78, 5) is 0. The molecule has 1 N–H and O–H groups in total. The third-order valence-electron chi connectivity index (χ3n) is 3.40. The summed E-state index contributed by atoms with van der Waals surface area (Å²) in [5.74, 6) is 0.282. The molecule has 5 heteroatoms. The highest BCUT2D eigenvalue weighted by Gasteiger charge is 2.35. The molecule has 0 aromatic rings. The van der Waals surface area contributed by atoms with E-state index in [-0.39, 0.29) is 16.7 Å². The van der Waals surface area contributed by atoms with Crippen molar-refractivity contribution in [3.8, 4) is 0 Å². The number of nitrogens with one attached hydrogen (secondary N) is 1. The summed E-state index contributed by atoms with van der Waals surface area (Å²) in [5.41, 5.74) is 0.213. The Morgan fingerprint density at radius 2 is 2.00 bits per heavy atom. The standard InChI is InChI=1S/C13H27NO3S/c1-12(2,3)14-10-13(7-8-17-11-13)6-5-9-18(4,15)16/h14H,5-11H2,1-4H3. The minimum atomic E-state index is -2.85. The summed E-state index contributed by atoms with van der Waals surface area (Å²) in [6.07, 6.45) is 3.98. The Labute approximate surface area is 111 Å². The Balaban J connectivity index is 2.48. The van der Waals surface area contributed by atoms with Gasteiger partial charge in [0.05, 0.1) is 6.61 Å². The van der Waals surface area contributed by atoms with E-state index < -0.39 is 9.84 Å². The van der Waals surface area contributed by atoms with Crippen molar-refractivity contribution in [2.45, 2.75) is 45.6 Å². The van der Waals surface area contributed by atoms with Crippen LogP contribution >= 0.6 is 0 Å². The van der Waals surface area contributed by atoms with E-state index in [2.05, 4.69) is 26.1 Å². The van der Waals surface area contributed by atoms with Crippen molar-refractivity contribution in [3.63, 3.8) is 0 Å². The van der Waals surface area contributed by atoms with E-state index >= 15 is 0 Å². The first-order chi connectivity index (χ1) is 8.12. The zero-order valence-electron chi connectivity index (χ0n) is 12.1. The summed E-state index contributed by atoms with van der Waals surface area (Å²) in [6, 6.07) is 0. The zero-order valence-corrected chi connectivity index (χ0v) is 12.9. The third-order valence-corrected chi connectivity index (χ3v) is 4.43. The van der Waals surface area contributed by atoms with Gasteiger partial charge in [0.1, 0.15) is 9.84 Å². The summed E-state index contributed by atoms with van der Waals surface area (Å²) >= 11 is 0. The lowest BCUT2D eigenvalue weighted by Gasteiger charge is -2.32. The first-order valence-electron chi connectivity index (χ1n) is 6.63. The van der Waals surface area contributed by atoms with Crippen LogP contribution < -0.4 is 5.32 Å². The molecule has 0 radical (unpaired) electrons. The van der Waals surface area contributed by atoms with Crippen molar-refractivity contribution in [1.82, 2.24) is 5.32 Å². The van der Waals surface area contributed by atoms with Crippen LogP contribution in [-0.4, -0.2) is 45.7 Å². The highest BCUT2D eigenvalue weighted by molar-refractivity contribution is 7.90. The van der Waals surface area contributed by atoms with Gasteiger partial charge in [0.25, 0.3) is 0 Å². The molecule has 1 atom stereocenters. The molecule has 18 heavy (non-hydrogen) atoms. The van der Waals surface area contributed by atoms with Crippen molar-refractivity contribution in [2.75, 3.05) is 31.8 Å². The van der Waals surface area contributed by atoms with Gasteiger partial charge >= 0.3 is 0 Å². The second-order valence-corrected chi connectivity index (χ2v) is 8.90. The monoisotopic (exact) mass is 277 g/mol. The number of ether oxygens (including phenoxy) is 1. The Hall–Kier alpha value is -0.130. The quantitative estimate of drug-likeness (QED) is 0.801. The normalized spacial score (nSPS) is 25.6. The number of sulfone groups is 1. The van der Waals surface area contributed by atoms with E-state index in [1.807, 2.05) is 0 Å². The van der Waals surface area contributed by atoms with E-state index in [0.717, 1.165) is 39.0 Å². The second kappa shape index (κ2) is 5.88. The maximum atomic E-state index is 11.2. The first kappa shape index (κ1) is 15.9. The van der Waals surface area contributed by atoms with Gasteiger partial charge < -0.3 is 10.1 Å².